The van der Waals surface area contributed by atoms with Gasteiger partial charge in [0, 0.05) is 5.56 Å². The van der Waals surface area contributed by atoms with Gasteiger partial charge in [-0.2, -0.15) is 0 Å². The van der Waals surface area contributed by atoms with Crippen LogP contribution in [0.1, 0.15) is 85.3 Å². The van der Waals surface area contributed by atoms with Crippen LogP contribution >= 0.6 is 0 Å². The molecule has 2 rings (SSSR count). The molecule has 0 saturated carbocycles. The van der Waals surface area contributed by atoms with Crippen molar-refractivity contribution in [3.05, 3.63) is 23.3 Å². The lowest BCUT2D eigenvalue weighted by Crippen LogP contribution is -2.46. The van der Waals surface area contributed by atoms with Gasteiger partial charge in [-0.15, -0.1) is 0 Å². The molecular weight excluding hydrogens is 320 g/mol. The van der Waals surface area contributed by atoms with Crippen LogP contribution in [0.25, 0.3) is 0 Å². The fourth-order valence-corrected chi connectivity index (χ4v) is 4.37. The minimum Gasteiger partial charge on any atom is -0.508 e. The first-order valence-corrected chi connectivity index (χ1v) is 10.7. The molecule has 4 atom stereocenters. The van der Waals surface area contributed by atoms with Gasteiger partial charge in [0.2, 0.25) is 0 Å². The first-order valence-electron chi connectivity index (χ1n) is 10.7. The molecule has 1 N–H and O–H groups in total. The molecule has 0 aliphatic carbocycles. The molecule has 0 fully saturated rings. The van der Waals surface area contributed by atoms with Crippen molar-refractivity contribution in [2.24, 2.45) is 23.7 Å². The van der Waals surface area contributed by atoms with Gasteiger partial charge in [-0.1, -0.05) is 54.4 Å². The summed E-state index contributed by atoms with van der Waals surface area (Å²) in [5.74, 6) is 3.76. The van der Waals surface area contributed by atoms with E-state index in [4.69, 9.17) is 4.74 Å². The highest BCUT2D eigenvalue weighted by Gasteiger charge is 2.41. The van der Waals surface area contributed by atoms with E-state index in [2.05, 4.69) is 54.5 Å². The van der Waals surface area contributed by atoms with Gasteiger partial charge in [0.05, 0.1) is 0 Å². The Kier molecular flexibility index (Phi) is 7.05. The van der Waals surface area contributed by atoms with E-state index < -0.39 is 0 Å². The summed E-state index contributed by atoms with van der Waals surface area (Å²) in [5.41, 5.74) is 2.04. The second-order valence-corrected chi connectivity index (χ2v) is 9.21. The largest absolute Gasteiger partial charge is 0.508 e. The van der Waals surface area contributed by atoms with Crippen LogP contribution in [0, 0.1) is 23.7 Å². The maximum absolute atomic E-state index is 10.5. The highest BCUT2D eigenvalue weighted by atomic mass is 16.5. The zero-order chi connectivity index (χ0) is 19.5. The van der Waals surface area contributed by atoms with Gasteiger partial charge in [-0.25, -0.2) is 0 Å². The maximum atomic E-state index is 10.5. The van der Waals surface area contributed by atoms with Gasteiger partial charge >= 0.3 is 0 Å². The molecule has 148 valence electrons. The van der Waals surface area contributed by atoms with Gasteiger partial charge in [0.25, 0.3) is 0 Å². The minimum absolute atomic E-state index is 0.163. The number of aryl methyl sites for hydroxylation is 1. The van der Waals surface area contributed by atoms with Crippen LogP contribution in [0.2, 0.25) is 0 Å². The number of aromatic hydroxyl groups is 1. The number of benzene rings is 1. The molecule has 1 aliphatic rings. The molecule has 1 aromatic rings. The van der Waals surface area contributed by atoms with E-state index in [0.29, 0.717) is 29.4 Å². The standard InChI is InChI=1S/C24H40O2/c1-8-9-10-11-20-14-22(25)21-12-13-24(7,26-23(21)15-20)19(6)18(5)17(4)16(2)3/h14-19,25H,8-13H2,1-7H3. The average molecular weight is 361 g/mol. The summed E-state index contributed by atoms with van der Waals surface area (Å²) >= 11 is 0. The third-order valence-electron chi connectivity index (χ3n) is 7.16. The van der Waals surface area contributed by atoms with Crippen molar-refractivity contribution < 1.29 is 9.84 Å². The molecule has 0 bridgehead atoms. The van der Waals surface area contributed by atoms with E-state index in [1.807, 2.05) is 6.07 Å². The van der Waals surface area contributed by atoms with Crippen LogP contribution in [-0.4, -0.2) is 10.7 Å². The molecule has 0 amide bonds. The summed E-state index contributed by atoms with van der Waals surface area (Å²) in [5, 5.41) is 10.5. The van der Waals surface area contributed by atoms with Crippen molar-refractivity contribution in [2.75, 3.05) is 0 Å². The Morgan fingerprint density at radius 1 is 1.08 bits per heavy atom. The molecule has 0 saturated heterocycles. The van der Waals surface area contributed by atoms with Gasteiger partial charge < -0.3 is 9.84 Å². The molecule has 1 heterocycles. The lowest BCUT2D eigenvalue weighted by molar-refractivity contribution is -0.0232. The van der Waals surface area contributed by atoms with E-state index in [1.54, 1.807) is 0 Å². The predicted molar refractivity (Wildman–Crippen MR) is 111 cm³/mol. The van der Waals surface area contributed by atoms with Crippen LogP contribution in [0.5, 0.6) is 11.5 Å². The van der Waals surface area contributed by atoms with Gasteiger partial charge in [-0.3, -0.25) is 0 Å². The van der Waals surface area contributed by atoms with Gasteiger partial charge in [-0.05, 0) is 74.0 Å². The highest BCUT2D eigenvalue weighted by molar-refractivity contribution is 5.49. The topological polar surface area (TPSA) is 29.5 Å². The molecule has 2 heteroatoms. The Morgan fingerprint density at radius 3 is 2.38 bits per heavy atom. The molecule has 26 heavy (non-hydrogen) atoms. The normalized spacial score (nSPS) is 23.2. The van der Waals surface area contributed by atoms with E-state index in [9.17, 15) is 5.11 Å². The monoisotopic (exact) mass is 360 g/mol. The number of phenols is 1. The SMILES string of the molecule is CCCCCc1cc(O)c2c(c1)OC(C)(C(C)C(C)C(C)C(C)C)CC2. The summed E-state index contributed by atoms with van der Waals surface area (Å²) in [6.45, 7) is 16.2. The van der Waals surface area contributed by atoms with E-state index in [0.717, 1.165) is 30.6 Å². The van der Waals surface area contributed by atoms with E-state index in [1.165, 1.54) is 24.8 Å². The maximum Gasteiger partial charge on any atom is 0.127 e. The quantitative estimate of drug-likeness (QED) is 0.518. The zero-order valence-corrected chi connectivity index (χ0v) is 18.1. The number of unbranched alkanes of at least 4 members (excludes halogenated alkanes) is 2. The van der Waals surface area contributed by atoms with Crippen molar-refractivity contribution >= 4 is 0 Å². The molecule has 0 radical (unpaired) electrons. The number of ether oxygens (including phenoxy) is 1. The van der Waals surface area contributed by atoms with Crippen molar-refractivity contribution in [3.63, 3.8) is 0 Å². The van der Waals surface area contributed by atoms with Crippen molar-refractivity contribution in [1.29, 1.82) is 0 Å². The molecular formula is C24H40O2. The second kappa shape index (κ2) is 8.67. The fourth-order valence-electron chi connectivity index (χ4n) is 4.37. The highest BCUT2D eigenvalue weighted by Crippen LogP contribution is 2.45. The van der Waals surface area contributed by atoms with Crippen LogP contribution in [0.15, 0.2) is 12.1 Å². The first kappa shape index (κ1) is 21.1. The number of hydrogen-bond acceptors (Lipinski definition) is 2. The first-order chi connectivity index (χ1) is 12.2. The minimum atomic E-state index is -0.163. The van der Waals surface area contributed by atoms with Crippen LogP contribution in [-0.2, 0) is 12.8 Å². The number of phenolic OH excluding ortho intramolecular Hbond substituents is 1. The van der Waals surface area contributed by atoms with Crippen LogP contribution < -0.4 is 4.74 Å². The lowest BCUT2D eigenvalue weighted by Gasteiger charge is -2.44. The summed E-state index contributed by atoms with van der Waals surface area (Å²) in [6, 6.07) is 4.14. The number of fused-ring (bicyclic) bond motifs is 1. The Hall–Kier alpha value is -1.18. The Bertz CT molecular complexity index is 592. The van der Waals surface area contributed by atoms with Crippen LogP contribution in [0.3, 0.4) is 0 Å². The molecule has 4 unspecified atom stereocenters. The number of rotatable bonds is 8. The summed E-state index contributed by atoms with van der Waals surface area (Å²) in [7, 11) is 0. The number of hydrogen-bond donors (Lipinski definition) is 1. The third kappa shape index (κ3) is 4.56. The van der Waals surface area contributed by atoms with Gasteiger partial charge in [0.1, 0.15) is 17.1 Å². The van der Waals surface area contributed by atoms with Crippen molar-refractivity contribution in [1.82, 2.24) is 0 Å². The van der Waals surface area contributed by atoms with E-state index in [-0.39, 0.29) is 5.60 Å². The van der Waals surface area contributed by atoms with Crippen molar-refractivity contribution in [3.8, 4) is 11.5 Å². The Balaban J connectivity index is 2.20. The van der Waals surface area contributed by atoms with E-state index >= 15 is 0 Å². The molecule has 2 nitrogen and oxygen atoms in total. The molecule has 0 aromatic heterocycles. The Morgan fingerprint density at radius 2 is 1.77 bits per heavy atom. The summed E-state index contributed by atoms with van der Waals surface area (Å²) < 4.78 is 6.60. The smallest absolute Gasteiger partial charge is 0.127 e. The summed E-state index contributed by atoms with van der Waals surface area (Å²) in [6.07, 6.45) is 6.52. The van der Waals surface area contributed by atoms with Gasteiger partial charge in [0.15, 0.2) is 0 Å². The molecule has 0 spiro atoms. The third-order valence-corrected chi connectivity index (χ3v) is 7.16. The second-order valence-electron chi connectivity index (χ2n) is 9.21. The van der Waals surface area contributed by atoms with Crippen LogP contribution in [0.4, 0.5) is 0 Å². The molecule has 1 aliphatic heterocycles. The van der Waals surface area contributed by atoms with Crippen molar-refractivity contribution in [2.45, 2.75) is 92.6 Å². The average Bonchev–Trinajstić information content (AvgIpc) is 2.59. The fraction of sp³-hybridized carbons (Fsp3) is 0.750. The predicted octanol–water partition coefficient (Wildman–Crippen LogP) is 6.77. The lowest BCUT2D eigenvalue weighted by atomic mass is 9.70. The zero-order valence-electron chi connectivity index (χ0n) is 18.1. The molecule has 1 aromatic carbocycles. The summed E-state index contributed by atoms with van der Waals surface area (Å²) in [4.78, 5) is 0. The Labute approximate surface area is 161 Å².